The first-order chi connectivity index (χ1) is 9.13. The van der Waals surface area contributed by atoms with E-state index in [0.29, 0.717) is 28.9 Å². The van der Waals surface area contributed by atoms with E-state index in [1.54, 1.807) is 12.1 Å². The lowest BCUT2D eigenvalue weighted by atomic mass is 10.1. The van der Waals surface area contributed by atoms with E-state index in [1.807, 2.05) is 0 Å². The minimum Gasteiger partial charge on any atom is -0.399 e. The van der Waals surface area contributed by atoms with Gasteiger partial charge in [0.25, 0.3) is 5.89 Å². The minimum absolute atomic E-state index is 0.229. The van der Waals surface area contributed by atoms with E-state index >= 15 is 0 Å². The van der Waals surface area contributed by atoms with Gasteiger partial charge in [-0.05, 0) is 43.4 Å². The Hall–Kier alpha value is -1.91. The van der Waals surface area contributed by atoms with Crippen LogP contribution in [0.1, 0.15) is 37.9 Å². The van der Waals surface area contributed by atoms with Gasteiger partial charge in [-0.15, -0.1) is 0 Å². The molecule has 4 nitrogen and oxygen atoms in total. The summed E-state index contributed by atoms with van der Waals surface area (Å²) in [5.74, 6) is 1.52. The molecule has 5 heteroatoms. The summed E-state index contributed by atoms with van der Waals surface area (Å²) < 4.78 is 19.0. The van der Waals surface area contributed by atoms with Crippen LogP contribution in [-0.2, 0) is 0 Å². The zero-order valence-corrected chi connectivity index (χ0v) is 10.8. The highest BCUT2D eigenvalue weighted by Crippen LogP contribution is 2.37. The maximum atomic E-state index is 13.8. The second-order valence-corrected chi connectivity index (χ2v) is 5.31. The Morgan fingerprint density at radius 1 is 1.37 bits per heavy atom. The quantitative estimate of drug-likeness (QED) is 0.842. The standard InChI is InChI=1S/C14H16FN3O/c1-8-2-3-9(6-8)13-17-14(19-18-13)11-5-4-10(16)7-12(11)15/h4-5,7-9H,2-3,6,16H2,1H3. The van der Waals surface area contributed by atoms with Crippen molar-refractivity contribution in [2.45, 2.75) is 32.1 Å². The van der Waals surface area contributed by atoms with Crippen LogP contribution >= 0.6 is 0 Å². The van der Waals surface area contributed by atoms with Gasteiger partial charge in [0.2, 0.25) is 0 Å². The van der Waals surface area contributed by atoms with Crippen molar-refractivity contribution in [3.63, 3.8) is 0 Å². The van der Waals surface area contributed by atoms with E-state index in [2.05, 4.69) is 17.1 Å². The first-order valence-electron chi connectivity index (χ1n) is 6.52. The summed E-state index contributed by atoms with van der Waals surface area (Å²) in [6.45, 7) is 2.22. The summed E-state index contributed by atoms with van der Waals surface area (Å²) in [4.78, 5) is 4.33. The van der Waals surface area contributed by atoms with Crippen LogP contribution in [-0.4, -0.2) is 10.1 Å². The number of nitrogens with two attached hydrogens (primary N) is 1. The average Bonchev–Trinajstić information content (AvgIpc) is 2.97. The summed E-state index contributed by atoms with van der Waals surface area (Å²) in [7, 11) is 0. The van der Waals surface area contributed by atoms with Gasteiger partial charge < -0.3 is 10.3 Å². The van der Waals surface area contributed by atoms with E-state index in [-0.39, 0.29) is 5.89 Å². The van der Waals surface area contributed by atoms with E-state index in [4.69, 9.17) is 10.3 Å². The lowest BCUT2D eigenvalue weighted by molar-refractivity contribution is 0.413. The first-order valence-corrected chi connectivity index (χ1v) is 6.52. The van der Waals surface area contributed by atoms with Crippen LogP contribution in [0, 0.1) is 11.7 Å². The molecule has 1 heterocycles. The molecule has 1 saturated carbocycles. The second-order valence-electron chi connectivity index (χ2n) is 5.31. The summed E-state index contributed by atoms with van der Waals surface area (Å²) in [5, 5.41) is 3.99. The first kappa shape index (κ1) is 12.1. The monoisotopic (exact) mass is 261 g/mol. The third kappa shape index (κ3) is 2.32. The Morgan fingerprint density at radius 2 is 2.21 bits per heavy atom. The molecule has 1 aliphatic carbocycles. The Balaban J connectivity index is 1.88. The van der Waals surface area contributed by atoms with Gasteiger partial charge in [0.05, 0.1) is 5.56 Å². The third-order valence-corrected chi connectivity index (χ3v) is 3.73. The van der Waals surface area contributed by atoms with Crippen LogP contribution in [0.4, 0.5) is 10.1 Å². The van der Waals surface area contributed by atoms with Crippen LogP contribution < -0.4 is 5.73 Å². The number of nitrogens with zero attached hydrogens (tertiary/aromatic N) is 2. The second kappa shape index (κ2) is 4.64. The van der Waals surface area contributed by atoms with Gasteiger partial charge in [0, 0.05) is 11.6 Å². The Kier molecular flexibility index (Phi) is 2.97. The average molecular weight is 261 g/mol. The van der Waals surface area contributed by atoms with Crippen molar-refractivity contribution in [1.82, 2.24) is 10.1 Å². The van der Waals surface area contributed by atoms with Gasteiger partial charge in [0.15, 0.2) is 5.82 Å². The van der Waals surface area contributed by atoms with Crippen molar-refractivity contribution in [3.8, 4) is 11.5 Å². The highest BCUT2D eigenvalue weighted by molar-refractivity contribution is 5.58. The summed E-state index contributed by atoms with van der Waals surface area (Å²) in [6.07, 6.45) is 3.33. The molecule has 3 rings (SSSR count). The molecule has 1 fully saturated rings. The molecular weight excluding hydrogens is 245 g/mol. The minimum atomic E-state index is -0.435. The van der Waals surface area contributed by atoms with E-state index in [9.17, 15) is 4.39 Å². The number of hydrogen-bond donors (Lipinski definition) is 1. The molecule has 0 aliphatic heterocycles. The zero-order chi connectivity index (χ0) is 13.4. The highest BCUT2D eigenvalue weighted by atomic mass is 19.1. The largest absolute Gasteiger partial charge is 0.399 e. The molecule has 0 bridgehead atoms. The summed E-state index contributed by atoms with van der Waals surface area (Å²) >= 11 is 0. The Bertz CT molecular complexity index is 596. The number of hydrogen-bond acceptors (Lipinski definition) is 4. The molecule has 100 valence electrons. The molecule has 0 saturated heterocycles. The van der Waals surface area contributed by atoms with Crippen molar-refractivity contribution >= 4 is 5.69 Å². The van der Waals surface area contributed by atoms with Gasteiger partial charge in [-0.2, -0.15) is 4.98 Å². The van der Waals surface area contributed by atoms with Gasteiger partial charge in [-0.25, -0.2) is 4.39 Å². The molecule has 0 spiro atoms. The van der Waals surface area contributed by atoms with Crippen LogP contribution in [0.25, 0.3) is 11.5 Å². The fourth-order valence-electron chi connectivity index (χ4n) is 2.66. The molecule has 0 radical (unpaired) electrons. The number of aromatic nitrogens is 2. The van der Waals surface area contributed by atoms with Crippen LogP contribution in [0.15, 0.2) is 22.7 Å². The van der Waals surface area contributed by atoms with E-state index in [0.717, 1.165) is 12.8 Å². The van der Waals surface area contributed by atoms with Crippen molar-refractivity contribution < 1.29 is 8.91 Å². The van der Waals surface area contributed by atoms with Gasteiger partial charge in [-0.3, -0.25) is 0 Å². The number of halogens is 1. The SMILES string of the molecule is CC1CCC(c2noc(-c3ccc(N)cc3F)n2)C1. The molecule has 1 aliphatic rings. The molecule has 2 atom stereocenters. The molecule has 0 amide bonds. The van der Waals surface area contributed by atoms with Crippen molar-refractivity contribution in [2.75, 3.05) is 5.73 Å². The lowest BCUT2D eigenvalue weighted by Crippen LogP contribution is -1.96. The highest BCUT2D eigenvalue weighted by Gasteiger charge is 2.27. The van der Waals surface area contributed by atoms with E-state index in [1.165, 1.54) is 12.5 Å². The predicted molar refractivity (Wildman–Crippen MR) is 69.9 cm³/mol. The topological polar surface area (TPSA) is 64.9 Å². The summed E-state index contributed by atoms with van der Waals surface area (Å²) in [6, 6.07) is 4.45. The number of rotatable bonds is 2. The lowest BCUT2D eigenvalue weighted by Gasteiger charge is -2.02. The van der Waals surface area contributed by atoms with E-state index < -0.39 is 5.82 Å². The van der Waals surface area contributed by atoms with Crippen LogP contribution in [0.2, 0.25) is 0 Å². The molecule has 2 unspecified atom stereocenters. The van der Waals surface area contributed by atoms with Crippen LogP contribution in [0.5, 0.6) is 0 Å². The molecular formula is C14H16FN3O. The number of anilines is 1. The van der Waals surface area contributed by atoms with Gasteiger partial charge in [0.1, 0.15) is 5.82 Å². The third-order valence-electron chi connectivity index (χ3n) is 3.73. The van der Waals surface area contributed by atoms with Gasteiger partial charge in [-0.1, -0.05) is 12.1 Å². The maximum absolute atomic E-state index is 13.8. The Labute approximate surface area is 110 Å². The molecule has 2 aromatic rings. The fourth-order valence-corrected chi connectivity index (χ4v) is 2.66. The molecule has 1 aromatic heterocycles. The van der Waals surface area contributed by atoms with Crippen molar-refractivity contribution in [1.29, 1.82) is 0 Å². The fraction of sp³-hybridized carbons (Fsp3) is 0.429. The van der Waals surface area contributed by atoms with Gasteiger partial charge >= 0.3 is 0 Å². The summed E-state index contributed by atoms with van der Waals surface area (Å²) in [5.41, 5.74) is 6.20. The predicted octanol–water partition coefficient (Wildman–Crippen LogP) is 3.36. The number of benzene rings is 1. The molecule has 2 N–H and O–H groups in total. The molecule has 1 aromatic carbocycles. The van der Waals surface area contributed by atoms with Crippen LogP contribution in [0.3, 0.4) is 0 Å². The van der Waals surface area contributed by atoms with Crippen molar-refractivity contribution in [2.24, 2.45) is 5.92 Å². The zero-order valence-electron chi connectivity index (χ0n) is 10.8. The maximum Gasteiger partial charge on any atom is 0.260 e. The normalized spacial score (nSPS) is 22.8. The smallest absolute Gasteiger partial charge is 0.260 e. The number of nitrogen functional groups attached to an aromatic ring is 1. The Morgan fingerprint density at radius 3 is 2.89 bits per heavy atom. The van der Waals surface area contributed by atoms with Crippen molar-refractivity contribution in [3.05, 3.63) is 29.8 Å². The molecule has 19 heavy (non-hydrogen) atoms.